The first-order chi connectivity index (χ1) is 12.7. The van der Waals surface area contributed by atoms with Crippen molar-refractivity contribution < 1.29 is 0 Å². The fourth-order valence-electron chi connectivity index (χ4n) is 1.97. The third-order valence-corrected chi connectivity index (χ3v) is 25.6. The molecular weight excluding hydrogens is 647 g/mol. The van der Waals surface area contributed by atoms with Crippen LogP contribution in [0, 0.1) is 0 Å². The summed E-state index contributed by atoms with van der Waals surface area (Å²) in [6, 6.07) is 0. The van der Waals surface area contributed by atoms with Crippen molar-refractivity contribution >= 4 is 148 Å². The van der Waals surface area contributed by atoms with Crippen molar-refractivity contribution in [1.29, 1.82) is 0 Å². The van der Waals surface area contributed by atoms with E-state index in [9.17, 15) is 0 Å². The minimum atomic E-state index is 0.550. The quantitative estimate of drug-likeness (QED) is 0.272. The predicted octanol–water partition coefficient (Wildman–Crippen LogP) is 7.93. The average Bonchev–Trinajstić information content (AvgIpc) is 3.39. The van der Waals surface area contributed by atoms with Crippen molar-refractivity contribution in [2.45, 2.75) is 0 Å². The summed E-state index contributed by atoms with van der Waals surface area (Å²) >= 11 is 20.9. The molecule has 0 radical (unpaired) electrons. The van der Waals surface area contributed by atoms with E-state index in [1.807, 2.05) is 94.1 Å². The third kappa shape index (κ3) is 4.69. The summed E-state index contributed by atoms with van der Waals surface area (Å²) in [6.07, 6.45) is 8.80. The van der Waals surface area contributed by atoms with Gasteiger partial charge < -0.3 is 0 Å². The Morgan fingerprint density at radius 3 is 1.23 bits per heavy atom. The fourth-order valence-corrected chi connectivity index (χ4v) is 25.9. The molecule has 4 aliphatic heterocycles. The van der Waals surface area contributed by atoms with Crippen molar-refractivity contribution in [2.24, 2.45) is 0 Å². The predicted molar refractivity (Wildman–Crippen MR) is 146 cm³/mol. The van der Waals surface area contributed by atoms with Crippen molar-refractivity contribution in [2.75, 3.05) is 25.0 Å². The van der Waals surface area contributed by atoms with E-state index in [1.54, 1.807) is 19.5 Å². The van der Waals surface area contributed by atoms with Gasteiger partial charge in [0.25, 0.3) is 0 Å². The maximum atomic E-state index is 2.21. The second-order valence-corrected chi connectivity index (χ2v) is 22.5. The first-order valence-corrected chi connectivity index (χ1v) is 20.2. The van der Waals surface area contributed by atoms with Crippen LogP contribution in [0.15, 0.2) is 40.6 Å². The van der Waals surface area contributed by atoms with E-state index in [0.29, 0.717) is 29.9 Å². The van der Waals surface area contributed by atoms with E-state index in [1.165, 1.54) is 21.2 Å². The number of hydrogen-bond donors (Lipinski definition) is 0. The van der Waals surface area contributed by atoms with Crippen LogP contribution in [0.25, 0.3) is 0 Å². The standard InChI is InChI=1S/C14H12S10Se2/c1-15-5-6(16-2)20-9(19-5)10-23-12-13(24-10)26-14(25-12)11-21-7(17-3)8(18-4)22-11/h1-4H3. The van der Waals surface area contributed by atoms with Gasteiger partial charge in [-0.05, 0) is 0 Å². The molecule has 140 valence electrons. The molecule has 0 bridgehead atoms. The number of rotatable bonds is 4. The molecule has 0 fully saturated rings. The van der Waals surface area contributed by atoms with E-state index < -0.39 is 0 Å². The Kier molecular flexibility index (Phi) is 8.83. The Morgan fingerprint density at radius 1 is 0.500 bits per heavy atom. The maximum absolute atomic E-state index is 2.21. The van der Waals surface area contributed by atoms with E-state index >= 15 is 0 Å². The van der Waals surface area contributed by atoms with Crippen LogP contribution in [0.2, 0.25) is 0 Å². The molecule has 0 unspecified atom stereocenters. The van der Waals surface area contributed by atoms with E-state index in [4.69, 9.17) is 0 Å². The van der Waals surface area contributed by atoms with Crippen LogP contribution >= 0.6 is 118 Å². The van der Waals surface area contributed by atoms with Gasteiger partial charge in [0, 0.05) is 0 Å². The molecule has 4 aliphatic rings. The summed E-state index contributed by atoms with van der Waals surface area (Å²) in [5, 5.41) is 0. The molecular formula is C14H12S10Se2. The first kappa shape index (κ1) is 22.4. The SMILES string of the molecule is CSC1=C(SC)SC(=C2SC3=C(S2)[Se]C(=C2SC(SC)=C(SC)S2)[Se]3)S1. The van der Waals surface area contributed by atoms with Crippen molar-refractivity contribution in [3.63, 3.8) is 0 Å². The molecule has 4 rings (SSSR count). The van der Waals surface area contributed by atoms with Gasteiger partial charge in [-0.3, -0.25) is 0 Å². The van der Waals surface area contributed by atoms with Gasteiger partial charge in [-0.15, -0.1) is 0 Å². The molecule has 0 spiro atoms. The van der Waals surface area contributed by atoms with Crippen LogP contribution in [0.4, 0.5) is 0 Å². The number of hydrogen-bond acceptors (Lipinski definition) is 10. The molecule has 4 heterocycles. The Morgan fingerprint density at radius 2 is 0.846 bits per heavy atom. The number of thioether (sulfide) groups is 10. The van der Waals surface area contributed by atoms with Crippen LogP contribution in [0.1, 0.15) is 0 Å². The summed E-state index contributed by atoms with van der Waals surface area (Å²) in [6.45, 7) is 0. The van der Waals surface area contributed by atoms with E-state index in [-0.39, 0.29) is 0 Å². The summed E-state index contributed by atoms with van der Waals surface area (Å²) in [5.41, 5.74) is 0. The minimum absolute atomic E-state index is 0.550. The Hall–Kier alpha value is 3.24. The van der Waals surface area contributed by atoms with Crippen molar-refractivity contribution in [3.8, 4) is 0 Å². The van der Waals surface area contributed by atoms with Crippen LogP contribution in [-0.4, -0.2) is 54.9 Å². The zero-order valence-electron chi connectivity index (χ0n) is 13.9. The molecule has 0 atom stereocenters. The van der Waals surface area contributed by atoms with Gasteiger partial charge in [-0.1, -0.05) is 0 Å². The molecule has 0 saturated heterocycles. The average molecular weight is 659 g/mol. The summed E-state index contributed by atoms with van der Waals surface area (Å²) in [7, 11) is 0. The van der Waals surface area contributed by atoms with Gasteiger partial charge in [-0.25, -0.2) is 0 Å². The van der Waals surface area contributed by atoms with E-state index in [0.717, 1.165) is 0 Å². The molecule has 0 aromatic carbocycles. The van der Waals surface area contributed by atoms with E-state index in [2.05, 4.69) is 48.5 Å². The van der Waals surface area contributed by atoms with Crippen LogP contribution in [0.5, 0.6) is 0 Å². The van der Waals surface area contributed by atoms with Gasteiger partial charge in [-0.2, -0.15) is 0 Å². The molecule has 0 N–H and O–H groups in total. The third-order valence-electron chi connectivity index (χ3n) is 3.06. The van der Waals surface area contributed by atoms with Crippen molar-refractivity contribution in [1.82, 2.24) is 0 Å². The van der Waals surface area contributed by atoms with Crippen LogP contribution in [0.3, 0.4) is 0 Å². The fraction of sp³-hybridized carbons (Fsp3) is 0.286. The monoisotopic (exact) mass is 660 g/mol. The van der Waals surface area contributed by atoms with Crippen LogP contribution in [-0.2, 0) is 0 Å². The Balaban J connectivity index is 1.44. The normalized spacial score (nSPS) is 23.5. The Bertz CT molecular complexity index is 685. The molecule has 0 aliphatic carbocycles. The second-order valence-electron chi connectivity index (χ2n) is 4.51. The Labute approximate surface area is 210 Å². The molecule has 0 saturated carbocycles. The van der Waals surface area contributed by atoms with Gasteiger partial charge in [0.15, 0.2) is 0 Å². The molecule has 12 heteroatoms. The second kappa shape index (κ2) is 10.2. The van der Waals surface area contributed by atoms with Gasteiger partial charge in [0.2, 0.25) is 0 Å². The zero-order valence-corrected chi connectivity index (χ0v) is 25.5. The van der Waals surface area contributed by atoms with Gasteiger partial charge in [0.1, 0.15) is 0 Å². The summed E-state index contributed by atoms with van der Waals surface area (Å²) in [4.78, 5) is 0. The zero-order chi connectivity index (χ0) is 18.3. The summed E-state index contributed by atoms with van der Waals surface area (Å²) in [5.74, 6) is 0. The van der Waals surface area contributed by atoms with Crippen LogP contribution < -0.4 is 0 Å². The topological polar surface area (TPSA) is 0 Å². The molecule has 0 amide bonds. The summed E-state index contributed by atoms with van der Waals surface area (Å²) < 4.78 is 15.8. The van der Waals surface area contributed by atoms with Crippen molar-refractivity contribution in [3.05, 3.63) is 40.6 Å². The first-order valence-electron chi connectivity index (χ1n) is 6.97. The van der Waals surface area contributed by atoms with Gasteiger partial charge >= 0.3 is 213 Å². The molecule has 0 nitrogen and oxygen atoms in total. The molecule has 0 aromatic rings. The van der Waals surface area contributed by atoms with Gasteiger partial charge in [0.05, 0.1) is 0 Å². The molecule has 0 aromatic heterocycles. The molecule has 26 heavy (non-hydrogen) atoms.